The number of carbonyl (C=O) groups is 1. The molecule has 0 atom stereocenters. The van der Waals surface area contributed by atoms with E-state index in [2.05, 4.69) is 22.0 Å². The fourth-order valence-electron chi connectivity index (χ4n) is 3.67. The molecule has 0 spiro atoms. The average Bonchev–Trinajstić information content (AvgIpc) is 3.41. The molecule has 7 heteroatoms. The number of aromatic nitrogens is 2. The Morgan fingerprint density at radius 1 is 1.26 bits per heavy atom. The maximum atomic E-state index is 13.8. The van der Waals surface area contributed by atoms with E-state index in [0.29, 0.717) is 43.4 Å². The fourth-order valence-corrected chi connectivity index (χ4v) is 3.67. The van der Waals surface area contributed by atoms with E-state index in [9.17, 15) is 9.18 Å². The number of fused-ring (bicyclic) bond motifs is 1. The van der Waals surface area contributed by atoms with Gasteiger partial charge in [0, 0.05) is 38.4 Å². The largest absolute Gasteiger partial charge is 0.365 e. The van der Waals surface area contributed by atoms with Gasteiger partial charge in [0.1, 0.15) is 5.82 Å². The van der Waals surface area contributed by atoms with Crippen LogP contribution < -0.4 is 9.80 Å². The number of halogens is 1. The Balaban J connectivity index is 1.39. The van der Waals surface area contributed by atoms with Gasteiger partial charge >= 0.3 is 0 Å². The van der Waals surface area contributed by atoms with Gasteiger partial charge in [-0.15, -0.1) is 0 Å². The molecule has 144 valence electrons. The first-order chi connectivity index (χ1) is 13.2. The summed E-state index contributed by atoms with van der Waals surface area (Å²) in [5.74, 6) is 1.01. The van der Waals surface area contributed by atoms with E-state index in [-0.39, 0.29) is 11.7 Å². The summed E-state index contributed by atoms with van der Waals surface area (Å²) in [6.07, 6.45) is 5.73. The Bertz CT molecular complexity index is 818. The van der Waals surface area contributed by atoms with E-state index in [1.165, 1.54) is 25.0 Å². The number of rotatable bonds is 7. The van der Waals surface area contributed by atoms with Gasteiger partial charge in [0.05, 0.1) is 11.4 Å². The minimum atomic E-state index is -0.307. The molecular formula is C20H25FN4O2. The summed E-state index contributed by atoms with van der Waals surface area (Å²) in [6.45, 7) is 3.48. The van der Waals surface area contributed by atoms with Gasteiger partial charge in [-0.3, -0.25) is 4.79 Å². The number of nitrogens with zero attached hydrogens (tertiary/aromatic N) is 4. The summed E-state index contributed by atoms with van der Waals surface area (Å²) in [7, 11) is 0. The second kappa shape index (κ2) is 7.66. The van der Waals surface area contributed by atoms with Crippen molar-refractivity contribution in [3.8, 4) is 0 Å². The van der Waals surface area contributed by atoms with Crippen LogP contribution in [0.2, 0.25) is 0 Å². The number of benzene rings is 1. The molecule has 0 radical (unpaired) electrons. The lowest BCUT2D eigenvalue weighted by molar-refractivity contribution is -0.118. The van der Waals surface area contributed by atoms with Gasteiger partial charge in [-0.1, -0.05) is 12.1 Å². The van der Waals surface area contributed by atoms with Crippen LogP contribution in [0.25, 0.3) is 0 Å². The molecule has 1 saturated carbocycles. The monoisotopic (exact) mass is 372 g/mol. The molecule has 1 amide bonds. The molecular weight excluding hydrogens is 347 g/mol. The highest BCUT2D eigenvalue weighted by molar-refractivity contribution is 5.98. The lowest BCUT2D eigenvalue weighted by Gasteiger charge is -2.38. The summed E-state index contributed by atoms with van der Waals surface area (Å²) in [5, 5.41) is 3.94. The quantitative estimate of drug-likeness (QED) is 0.744. The Morgan fingerprint density at radius 2 is 2.11 bits per heavy atom. The Kier molecular flexibility index (Phi) is 5.09. The van der Waals surface area contributed by atoms with Gasteiger partial charge in [-0.25, -0.2) is 4.39 Å². The van der Waals surface area contributed by atoms with Crippen molar-refractivity contribution in [2.75, 3.05) is 22.9 Å². The second-order valence-electron chi connectivity index (χ2n) is 7.31. The zero-order valence-electron chi connectivity index (χ0n) is 15.7. The van der Waals surface area contributed by atoms with Crippen molar-refractivity contribution in [2.45, 2.75) is 57.9 Å². The highest BCUT2D eigenvalue weighted by Crippen LogP contribution is 2.40. The molecule has 27 heavy (non-hydrogen) atoms. The van der Waals surface area contributed by atoms with Crippen LogP contribution in [0.3, 0.4) is 0 Å². The van der Waals surface area contributed by atoms with E-state index in [0.717, 1.165) is 30.9 Å². The maximum Gasteiger partial charge on any atom is 0.227 e. The predicted octanol–water partition coefficient (Wildman–Crippen LogP) is 3.50. The SMILES string of the molecule is CCCc1noc(CCCC(=O)N2CCN(C3CC3)c3ccc(F)cc32)n1. The molecule has 2 heterocycles. The van der Waals surface area contributed by atoms with Crippen LogP contribution in [0.1, 0.15) is 50.7 Å². The molecule has 6 nitrogen and oxygen atoms in total. The number of anilines is 2. The number of aryl methyl sites for hydroxylation is 2. The molecule has 2 aromatic rings. The van der Waals surface area contributed by atoms with E-state index in [1.807, 2.05) is 0 Å². The molecule has 1 fully saturated rings. The average molecular weight is 372 g/mol. The minimum absolute atomic E-state index is 0.0191. The summed E-state index contributed by atoms with van der Waals surface area (Å²) in [6, 6.07) is 5.31. The molecule has 0 saturated heterocycles. The normalized spacial score (nSPS) is 16.5. The minimum Gasteiger partial charge on any atom is -0.365 e. The van der Waals surface area contributed by atoms with Gasteiger partial charge in [-0.2, -0.15) is 4.98 Å². The van der Waals surface area contributed by atoms with Gasteiger partial charge in [0.15, 0.2) is 5.82 Å². The van der Waals surface area contributed by atoms with Crippen LogP contribution >= 0.6 is 0 Å². The highest BCUT2D eigenvalue weighted by atomic mass is 19.1. The van der Waals surface area contributed by atoms with Crippen molar-refractivity contribution < 1.29 is 13.7 Å². The van der Waals surface area contributed by atoms with E-state index in [1.54, 1.807) is 11.0 Å². The number of carbonyl (C=O) groups excluding carboxylic acids is 1. The highest BCUT2D eigenvalue weighted by Gasteiger charge is 2.35. The van der Waals surface area contributed by atoms with E-state index in [4.69, 9.17) is 4.52 Å². The zero-order chi connectivity index (χ0) is 18.8. The lowest BCUT2D eigenvalue weighted by atomic mass is 10.1. The zero-order valence-corrected chi connectivity index (χ0v) is 15.7. The fraction of sp³-hybridized carbons (Fsp3) is 0.550. The van der Waals surface area contributed by atoms with Crippen LogP contribution in [0, 0.1) is 5.82 Å². The van der Waals surface area contributed by atoms with Crippen molar-refractivity contribution in [1.29, 1.82) is 0 Å². The number of hydrogen-bond acceptors (Lipinski definition) is 5. The third kappa shape index (κ3) is 3.96. The number of amides is 1. The molecule has 1 aromatic carbocycles. The van der Waals surface area contributed by atoms with Crippen molar-refractivity contribution in [3.05, 3.63) is 35.7 Å². The predicted molar refractivity (Wildman–Crippen MR) is 100 cm³/mol. The maximum absolute atomic E-state index is 13.8. The lowest BCUT2D eigenvalue weighted by Crippen LogP contribution is -2.45. The van der Waals surface area contributed by atoms with Crippen LogP contribution in [-0.4, -0.2) is 35.2 Å². The molecule has 0 unspecified atom stereocenters. The van der Waals surface area contributed by atoms with Gasteiger partial charge in [-0.05, 0) is 43.9 Å². The van der Waals surface area contributed by atoms with Crippen LogP contribution in [0.15, 0.2) is 22.7 Å². The van der Waals surface area contributed by atoms with Gasteiger partial charge in [0.2, 0.25) is 11.8 Å². The van der Waals surface area contributed by atoms with Crippen molar-refractivity contribution in [1.82, 2.24) is 10.1 Å². The Labute approximate surface area is 158 Å². The second-order valence-corrected chi connectivity index (χ2v) is 7.31. The summed E-state index contributed by atoms with van der Waals surface area (Å²) in [4.78, 5) is 21.2. The van der Waals surface area contributed by atoms with Gasteiger partial charge < -0.3 is 14.3 Å². The van der Waals surface area contributed by atoms with Crippen LogP contribution in [0.4, 0.5) is 15.8 Å². The Hall–Kier alpha value is -2.44. The molecule has 0 N–H and O–H groups in total. The first-order valence-corrected chi connectivity index (χ1v) is 9.83. The molecule has 2 aliphatic rings. The van der Waals surface area contributed by atoms with Crippen molar-refractivity contribution in [3.63, 3.8) is 0 Å². The first kappa shape index (κ1) is 17.9. The standard InChI is InChI=1S/C20H25FN4O2/c1-2-4-18-22-19(27-23-18)5-3-6-20(26)25-12-11-24(15-8-9-15)16-10-7-14(21)13-17(16)25/h7,10,13,15H,2-6,8-9,11-12H2,1H3. The molecule has 1 aliphatic carbocycles. The third-order valence-electron chi connectivity index (χ3n) is 5.16. The Morgan fingerprint density at radius 3 is 2.89 bits per heavy atom. The molecule has 4 rings (SSSR count). The molecule has 1 aliphatic heterocycles. The number of hydrogen-bond donors (Lipinski definition) is 0. The first-order valence-electron chi connectivity index (χ1n) is 9.83. The summed E-state index contributed by atoms with van der Waals surface area (Å²) < 4.78 is 19.1. The summed E-state index contributed by atoms with van der Waals surface area (Å²) in [5.41, 5.74) is 1.67. The topological polar surface area (TPSA) is 62.5 Å². The van der Waals surface area contributed by atoms with Crippen LogP contribution in [-0.2, 0) is 17.6 Å². The van der Waals surface area contributed by atoms with Gasteiger partial charge in [0.25, 0.3) is 0 Å². The van der Waals surface area contributed by atoms with E-state index >= 15 is 0 Å². The molecule has 0 bridgehead atoms. The molecule has 1 aromatic heterocycles. The third-order valence-corrected chi connectivity index (χ3v) is 5.16. The van der Waals surface area contributed by atoms with Crippen LogP contribution in [0.5, 0.6) is 0 Å². The summed E-state index contributed by atoms with van der Waals surface area (Å²) >= 11 is 0. The van der Waals surface area contributed by atoms with E-state index < -0.39 is 0 Å². The van der Waals surface area contributed by atoms with Crippen molar-refractivity contribution in [2.24, 2.45) is 0 Å². The smallest absolute Gasteiger partial charge is 0.227 e. The van der Waals surface area contributed by atoms with Crippen molar-refractivity contribution >= 4 is 17.3 Å².